The number of nitrogens with two attached hydrogens (primary N) is 1. The van der Waals surface area contributed by atoms with Crippen LogP contribution in [0.4, 0.5) is 0 Å². The average molecular weight is 329 g/mol. The fourth-order valence-electron chi connectivity index (χ4n) is 4.25. The zero-order valence-corrected chi connectivity index (χ0v) is 14.7. The van der Waals surface area contributed by atoms with Crippen LogP contribution in [0.1, 0.15) is 54.7 Å². The van der Waals surface area contributed by atoms with Gasteiger partial charge in [0.2, 0.25) is 0 Å². The summed E-state index contributed by atoms with van der Waals surface area (Å²) in [5.74, 6) is 1.15. The van der Waals surface area contributed by atoms with Crippen molar-refractivity contribution in [2.24, 2.45) is 11.7 Å². The summed E-state index contributed by atoms with van der Waals surface area (Å²) in [6, 6.07) is 7.00. The van der Waals surface area contributed by atoms with Crippen LogP contribution in [0.2, 0.25) is 0 Å². The van der Waals surface area contributed by atoms with Gasteiger partial charge in [0.1, 0.15) is 0 Å². The molecule has 1 fully saturated rings. The maximum absolute atomic E-state index is 9.47. The van der Waals surface area contributed by atoms with Gasteiger partial charge in [-0.25, -0.2) is 0 Å². The van der Waals surface area contributed by atoms with Gasteiger partial charge in [-0.2, -0.15) is 0 Å². The van der Waals surface area contributed by atoms with Crippen LogP contribution in [-0.4, -0.2) is 30.5 Å². The maximum atomic E-state index is 9.47. The maximum Gasteiger partial charge on any atom is 0.0611 e. The molecule has 3 atom stereocenters. The molecule has 1 aromatic carbocycles. The Balaban J connectivity index is 1.59. The molecule has 132 valence electrons. The molecule has 3 nitrogen and oxygen atoms in total. The van der Waals surface area contributed by atoms with E-state index >= 15 is 0 Å². The van der Waals surface area contributed by atoms with E-state index in [4.69, 9.17) is 10.5 Å². The van der Waals surface area contributed by atoms with Gasteiger partial charge in [-0.15, -0.1) is 6.58 Å². The van der Waals surface area contributed by atoms with Crippen molar-refractivity contribution < 1.29 is 9.84 Å². The molecule has 0 aromatic heterocycles. The Morgan fingerprint density at radius 3 is 2.96 bits per heavy atom. The fourth-order valence-corrected chi connectivity index (χ4v) is 4.25. The number of fused-ring (bicyclic) bond motifs is 1. The lowest BCUT2D eigenvalue weighted by atomic mass is 9.82. The highest BCUT2D eigenvalue weighted by Gasteiger charge is 2.36. The highest BCUT2D eigenvalue weighted by molar-refractivity contribution is 5.36. The Morgan fingerprint density at radius 1 is 1.33 bits per heavy atom. The molecule has 24 heavy (non-hydrogen) atoms. The number of aliphatic hydroxyl groups excluding tert-OH is 1. The third kappa shape index (κ3) is 4.08. The van der Waals surface area contributed by atoms with Crippen molar-refractivity contribution in [2.75, 3.05) is 19.8 Å². The fraction of sp³-hybridized carbons (Fsp3) is 0.619. The average Bonchev–Trinajstić information content (AvgIpc) is 3.01. The Bertz CT molecular complexity index is 571. The van der Waals surface area contributed by atoms with Gasteiger partial charge in [0.25, 0.3) is 0 Å². The third-order valence-electron chi connectivity index (χ3n) is 5.81. The van der Waals surface area contributed by atoms with E-state index in [2.05, 4.69) is 24.8 Å². The van der Waals surface area contributed by atoms with Crippen LogP contribution in [0.3, 0.4) is 0 Å². The van der Waals surface area contributed by atoms with Crippen molar-refractivity contribution in [3.8, 4) is 0 Å². The van der Waals surface area contributed by atoms with E-state index < -0.39 is 0 Å². The molecule has 0 unspecified atom stereocenters. The molecule has 0 spiro atoms. The van der Waals surface area contributed by atoms with Gasteiger partial charge in [0, 0.05) is 12.1 Å². The van der Waals surface area contributed by atoms with Crippen molar-refractivity contribution in [1.82, 2.24) is 0 Å². The summed E-state index contributed by atoms with van der Waals surface area (Å²) in [5.41, 5.74) is 10.3. The van der Waals surface area contributed by atoms with Crippen LogP contribution in [0.15, 0.2) is 30.9 Å². The lowest BCUT2D eigenvalue weighted by Gasteiger charge is -2.26. The van der Waals surface area contributed by atoms with Crippen molar-refractivity contribution in [3.05, 3.63) is 47.5 Å². The Morgan fingerprint density at radius 2 is 2.21 bits per heavy atom. The van der Waals surface area contributed by atoms with Crippen molar-refractivity contribution >= 4 is 0 Å². The van der Waals surface area contributed by atoms with Gasteiger partial charge in [-0.3, -0.25) is 0 Å². The number of rotatable bonds is 7. The standard InChI is InChI=1S/C21H31NO2/c1-2-3-10-24-14-16-4-5-18-12-19(7-6-17(18)11-16)20-8-9-21(22,13-20)15-23/h2,6-7,12,16,20,23H,1,3-5,8-11,13-15,22H2/t16-,20+,21-/m1/s1. The van der Waals surface area contributed by atoms with Crippen molar-refractivity contribution in [2.45, 2.75) is 56.4 Å². The molecular formula is C21H31NO2. The molecule has 3 N–H and O–H groups in total. The Kier molecular flexibility index (Phi) is 5.75. The second-order valence-corrected chi connectivity index (χ2v) is 7.75. The van der Waals surface area contributed by atoms with Crippen LogP contribution in [-0.2, 0) is 17.6 Å². The quantitative estimate of drug-likeness (QED) is 0.596. The number of ether oxygens (including phenoxy) is 1. The van der Waals surface area contributed by atoms with Gasteiger partial charge in [-0.1, -0.05) is 24.3 Å². The van der Waals surface area contributed by atoms with Gasteiger partial charge >= 0.3 is 0 Å². The van der Waals surface area contributed by atoms with Gasteiger partial charge in [0.15, 0.2) is 0 Å². The van der Waals surface area contributed by atoms with Crippen molar-refractivity contribution in [1.29, 1.82) is 0 Å². The van der Waals surface area contributed by atoms with Gasteiger partial charge < -0.3 is 15.6 Å². The second kappa shape index (κ2) is 7.81. The summed E-state index contributed by atoms with van der Waals surface area (Å²) < 4.78 is 5.76. The van der Waals surface area contributed by atoms with E-state index in [9.17, 15) is 5.11 Å². The summed E-state index contributed by atoms with van der Waals surface area (Å²) in [6.07, 6.45) is 9.27. The van der Waals surface area contributed by atoms with Crippen LogP contribution >= 0.6 is 0 Å². The van der Waals surface area contributed by atoms with Gasteiger partial charge in [-0.05, 0) is 73.5 Å². The van der Waals surface area contributed by atoms with Crippen molar-refractivity contribution in [3.63, 3.8) is 0 Å². The minimum absolute atomic E-state index is 0.0992. The summed E-state index contributed by atoms with van der Waals surface area (Å²) >= 11 is 0. The van der Waals surface area contributed by atoms with Gasteiger partial charge in [0.05, 0.1) is 13.2 Å². The van der Waals surface area contributed by atoms with E-state index in [1.54, 1.807) is 0 Å². The molecule has 0 saturated heterocycles. The number of benzene rings is 1. The van der Waals surface area contributed by atoms with Crippen LogP contribution in [0, 0.1) is 5.92 Å². The molecule has 2 aliphatic carbocycles. The molecule has 0 aliphatic heterocycles. The zero-order valence-electron chi connectivity index (χ0n) is 14.7. The first kappa shape index (κ1) is 17.7. The molecule has 0 heterocycles. The minimum atomic E-state index is -0.367. The summed E-state index contributed by atoms with van der Waals surface area (Å²) in [6.45, 7) is 5.48. The molecule has 3 heteroatoms. The third-order valence-corrected chi connectivity index (χ3v) is 5.81. The number of hydrogen-bond donors (Lipinski definition) is 2. The molecule has 1 aromatic rings. The molecule has 0 amide bonds. The predicted octanol–water partition coefficient (Wildman–Crippen LogP) is 3.34. The molecule has 0 radical (unpaired) electrons. The van der Waals surface area contributed by atoms with E-state index in [-0.39, 0.29) is 12.1 Å². The monoisotopic (exact) mass is 329 g/mol. The lowest BCUT2D eigenvalue weighted by molar-refractivity contribution is 0.0979. The summed E-state index contributed by atoms with van der Waals surface area (Å²) in [5, 5.41) is 9.47. The molecule has 2 aliphatic rings. The topological polar surface area (TPSA) is 55.5 Å². The number of aryl methyl sites for hydroxylation is 1. The Labute approximate surface area is 145 Å². The molecule has 1 saturated carbocycles. The van der Waals surface area contributed by atoms with Crippen LogP contribution < -0.4 is 5.73 Å². The van der Waals surface area contributed by atoms with E-state index in [0.717, 1.165) is 51.7 Å². The largest absolute Gasteiger partial charge is 0.394 e. The molecule has 0 bridgehead atoms. The first-order valence-electron chi connectivity index (χ1n) is 9.33. The molecule has 3 rings (SSSR count). The number of hydrogen-bond acceptors (Lipinski definition) is 3. The Hall–Kier alpha value is -1.16. The first-order valence-corrected chi connectivity index (χ1v) is 9.33. The highest BCUT2D eigenvalue weighted by atomic mass is 16.5. The summed E-state index contributed by atoms with van der Waals surface area (Å²) in [7, 11) is 0. The minimum Gasteiger partial charge on any atom is -0.394 e. The van der Waals surface area contributed by atoms with E-state index in [1.165, 1.54) is 23.1 Å². The number of aliphatic hydroxyl groups is 1. The van der Waals surface area contributed by atoms with E-state index in [0.29, 0.717) is 11.8 Å². The van der Waals surface area contributed by atoms with Crippen LogP contribution in [0.25, 0.3) is 0 Å². The second-order valence-electron chi connectivity index (χ2n) is 7.75. The molecular weight excluding hydrogens is 298 g/mol. The SMILES string of the molecule is C=CCCOC[C@@H]1CCc2cc([C@H]3CC[C@](N)(CO)C3)ccc2C1. The predicted molar refractivity (Wildman–Crippen MR) is 98.2 cm³/mol. The smallest absolute Gasteiger partial charge is 0.0611 e. The highest BCUT2D eigenvalue weighted by Crippen LogP contribution is 2.40. The zero-order chi connectivity index (χ0) is 17.0. The van der Waals surface area contributed by atoms with Crippen LogP contribution in [0.5, 0.6) is 0 Å². The first-order chi connectivity index (χ1) is 11.6. The lowest BCUT2D eigenvalue weighted by Crippen LogP contribution is -2.40. The summed E-state index contributed by atoms with van der Waals surface area (Å²) in [4.78, 5) is 0. The normalized spacial score (nSPS) is 29.4. The van der Waals surface area contributed by atoms with E-state index in [1.807, 2.05) is 6.08 Å².